The lowest BCUT2D eigenvalue weighted by atomic mass is 10.1. The third-order valence-electron chi connectivity index (χ3n) is 4.31. The van der Waals surface area contributed by atoms with Gasteiger partial charge in [0.15, 0.2) is 0 Å². The fourth-order valence-electron chi connectivity index (χ4n) is 3.22. The Morgan fingerprint density at radius 2 is 2.13 bits per heavy atom. The van der Waals surface area contributed by atoms with Crippen LogP contribution in [0.2, 0.25) is 0 Å². The molecule has 2 amide bonds. The Morgan fingerprint density at radius 1 is 1.39 bits per heavy atom. The summed E-state index contributed by atoms with van der Waals surface area (Å²) < 4.78 is 22.4. The van der Waals surface area contributed by atoms with E-state index in [1.807, 2.05) is 0 Å². The summed E-state index contributed by atoms with van der Waals surface area (Å²) in [6, 6.07) is -0.812. The molecule has 2 heterocycles. The number of carbonyl (C=O) groups is 2. The van der Waals surface area contributed by atoms with Gasteiger partial charge in [0.05, 0.1) is 11.3 Å². The van der Waals surface area contributed by atoms with Crippen LogP contribution in [0.5, 0.6) is 0 Å². The van der Waals surface area contributed by atoms with Crippen molar-refractivity contribution in [3.05, 3.63) is 20.9 Å². The number of ether oxygens (including phenoxy) is 1. The second kappa shape index (κ2) is 5.77. The first kappa shape index (κ1) is 15.7. The van der Waals surface area contributed by atoms with Crippen LogP contribution in [0.25, 0.3) is 11.9 Å². The van der Waals surface area contributed by atoms with Crippen LogP contribution in [-0.4, -0.2) is 34.4 Å². The molecule has 23 heavy (non-hydrogen) atoms. The maximum atomic E-state index is 14.5. The Labute approximate surface area is 131 Å². The van der Waals surface area contributed by atoms with Gasteiger partial charge in [-0.1, -0.05) is 0 Å². The van der Waals surface area contributed by atoms with E-state index in [1.54, 1.807) is 13.0 Å². The molecule has 1 aromatic rings. The van der Waals surface area contributed by atoms with Gasteiger partial charge < -0.3 is 4.74 Å². The van der Waals surface area contributed by atoms with Gasteiger partial charge in [0.2, 0.25) is 5.91 Å². The molecule has 1 aliphatic carbocycles. The number of hydrogen-bond donors (Lipinski definition) is 1. The Hall–Kier alpha value is -2.22. The van der Waals surface area contributed by atoms with Gasteiger partial charge in [-0.25, -0.2) is 9.07 Å². The number of aromatic nitrogens is 2. The summed E-state index contributed by atoms with van der Waals surface area (Å²) in [5.74, 6) is -1.32. The molecule has 1 saturated heterocycles. The van der Waals surface area contributed by atoms with E-state index in [1.165, 1.54) is 16.5 Å². The van der Waals surface area contributed by atoms with Gasteiger partial charge in [0.1, 0.15) is 17.2 Å². The van der Waals surface area contributed by atoms with Crippen molar-refractivity contribution in [1.29, 1.82) is 0 Å². The molecule has 0 saturated carbocycles. The molecule has 3 rings (SSSR count). The van der Waals surface area contributed by atoms with Crippen molar-refractivity contribution < 1.29 is 18.7 Å². The largest absolute Gasteiger partial charge is 0.377 e. The normalized spacial score (nSPS) is 24.2. The van der Waals surface area contributed by atoms with Crippen molar-refractivity contribution in [2.45, 2.75) is 44.9 Å². The van der Waals surface area contributed by atoms with E-state index < -0.39 is 29.4 Å². The molecule has 7 nitrogen and oxygen atoms in total. The highest BCUT2D eigenvalue weighted by Gasteiger charge is 2.32. The zero-order valence-corrected chi connectivity index (χ0v) is 13.0. The standard InChI is InChI=1S/C15H18FN3O4/c1-3-18-13-9(6-8(23-2)7-10(13)16)15(22)19(18)11-4-5-12(20)17-14(11)21/h6,8,11H,3-5,7H2,1-2H3,(H,17,20,21). The van der Waals surface area contributed by atoms with Crippen LogP contribution >= 0.6 is 0 Å². The minimum atomic E-state index is -0.812. The van der Waals surface area contributed by atoms with Crippen molar-refractivity contribution in [1.82, 2.24) is 14.7 Å². The summed E-state index contributed by atoms with van der Waals surface area (Å²) in [6.07, 6.45) is 1.53. The number of hydrogen-bond acceptors (Lipinski definition) is 4. The number of imide groups is 1. The molecular formula is C15H18FN3O4. The molecule has 2 unspecified atom stereocenters. The number of nitrogens with zero attached hydrogens (tertiary/aromatic N) is 2. The van der Waals surface area contributed by atoms with Crippen LogP contribution in [0.1, 0.15) is 32.2 Å². The van der Waals surface area contributed by atoms with Crippen molar-refractivity contribution in [3.8, 4) is 0 Å². The minimum absolute atomic E-state index is 0.0578. The molecule has 1 aromatic heterocycles. The van der Waals surface area contributed by atoms with Gasteiger partial charge in [0, 0.05) is 26.5 Å². The van der Waals surface area contributed by atoms with Gasteiger partial charge in [-0.2, -0.15) is 0 Å². The number of fused-ring (bicyclic) bond motifs is 1. The van der Waals surface area contributed by atoms with Crippen LogP contribution in [0.3, 0.4) is 0 Å². The van der Waals surface area contributed by atoms with Gasteiger partial charge in [0.25, 0.3) is 11.5 Å². The van der Waals surface area contributed by atoms with Crippen molar-refractivity contribution in [2.24, 2.45) is 0 Å². The van der Waals surface area contributed by atoms with Gasteiger partial charge in [-0.3, -0.25) is 24.4 Å². The zero-order valence-electron chi connectivity index (χ0n) is 13.0. The number of nitrogens with one attached hydrogen (secondary N) is 1. The number of piperidine rings is 1. The molecule has 1 N–H and O–H groups in total. The zero-order chi connectivity index (χ0) is 16.7. The van der Waals surface area contributed by atoms with Gasteiger partial charge in [-0.15, -0.1) is 0 Å². The Bertz CT molecular complexity index is 851. The third kappa shape index (κ3) is 2.42. The van der Waals surface area contributed by atoms with Crippen LogP contribution in [0.15, 0.2) is 4.79 Å². The lowest BCUT2D eigenvalue weighted by Crippen LogP contribution is -2.46. The molecule has 0 bridgehead atoms. The first-order valence-corrected chi connectivity index (χ1v) is 7.56. The average molecular weight is 323 g/mol. The van der Waals surface area contributed by atoms with Crippen LogP contribution in [-0.2, 0) is 20.9 Å². The van der Waals surface area contributed by atoms with Crippen LogP contribution in [0, 0.1) is 0 Å². The Balaban J connectivity index is 2.25. The number of halogens is 1. The summed E-state index contributed by atoms with van der Waals surface area (Å²) in [6.45, 7) is 2.11. The highest BCUT2D eigenvalue weighted by Crippen LogP contribution is 2.17. The summed E-state index contributed by atoms with van der Waals surface area (Å²) in [5, 5.41) is 2.65. The lowest BCUT2D eigenvalue weighted by Gasteiger charge is -2.24. The van der Waals surface area contributed by atoms with E-state index in [0.29, 0.717) is 6.54 Å². The topological polar surface area (TPSA) is 82.3 Å². The van der Waals surface area contributed by atoms with Crippen molar-refractivity contribution >= 4 is 23.7 Å². The van der Waals surface area contributed by atoms with E-state index in [0.717, 1.165) is 0 Å². The molecule has 1 aliphatic heterocycles. The highest BCUT2D eigenvalue weighted by molar-refractivity contribution is 5.99. The van der Waals surface area contributed by atoms with Crippen LogP contribution in [0.4, 0.5) is 4.39 Å². The molecule has 1 fully saturated rings. The average Bonchev–Trinajstić information content (AvgIpc) is 2.80. The van der Waals surface area contributed by atoms with Gasteiger partial charge in [-0.05, 0) is 19.4 Å². The molecular weight excluding hydrogens is 305 g/mol. The number of amides is 2. The second-order valence-electron chi connectivity index (χ2n) is 5.64. The minimum Gasteiger partial charge on any atom is -0.377 e. The highest BCUT2D eigenvalue weighted by atomic mass is 19.1. The quantitative estimate of drug-likeness (QED) is 0.718. The van der Waals surface area contributed by atoms with Crippen molar-refractivity contribution in [2.75, 3.05) is 7.11 Å². The summed E-state index contributed by atoms with van der Waals surface area (Å²) in [5.41, 5.74) is -0.437. The molecule has 0 spiro atoms. The molecule has 2 aliphatic rings. The molecule has 124 valence electrons. The number of methoxy groups -OCH3 is 1. The fourth-order valence-corrected chi connectivity index (χ4v) is 3.22. The second-order valence-corrected chi connectivity index (χ2v) is 5.64. The maximum Gasteiger partial charge on any atom is 0.275 e. The van der Waals surface area contributed by atoms with E-state index in [4.69, 9.17) is 4.74 Å². The smallest absolute Gasteiger partial charge is 0.275 e. The summed E-state index contributed by atoms with van der Waals surface area (Å²) in [4.78, 5) is 36.1. The van der Waals surface area contributed by atoms with Crippen molar-refractivity contribution in [3.63, 3.8) is 0 Å². The maximum absolute atomic E-state index is 14.5. The first-order valence-electron chi connectivity index (χ1n) is 7.56. The molecule has 0 aromatic carbocycles. The summed E-state index contributed by atoms with van der Waals surface area (Å²) >= 11 is 0. The van der Waals surface area contributed by atoms with Gasteiger partial charge >= 0.3 is 0 Å². The predicted octanol–water partition coefficient (Wildman–Crippen LogP) is -1.08. The Kier molecular flexibility index (Phi) is 3.93. The summed E-state index contributed by atoms with van der Waals surface area (Å²) in [7, 11) is 1.45. The predicted molar refractivity (Wildman–Crippen MR) is 79.4 cm³/mol. The third-order valence-corrected chi connectivity index (χ3v) is 4.31. The molecule has 0 radical (unpaired) electrons. The number of rotatable bonds is 3. The van der Waals surface area contributed by atoms with E-state index >= 15 is 0 Å². The SMILES string of the molecule is CCn1c2c(c(=O)n1C1CCC(=O)NC1=O)=CC(OC)CC=2F. The van der Waals surface area contributed by atoms with E-state index in [2.05, 4.69) is 5.32 Å². The van der Waals surface area contributed by atoms with E-state index in [-0.39, 0.29) is 35.7 Å². The lowest BCUT2D eigenvalue weighted by molar-refractivity contribution is -0.136. The molecule has 2 atom stereocenters. The fraction of sp³-hybridized carbons (Fsp3) is 0.533. The van der Waals surface area contributed by atoms with E-state index in [9.17, 15) is 18.8 Å². The number of carbonyl (C=O) groups excluding carboxylic acids is 2. The molecule has 8 heteroatoms. The first-order chi connectivity index (χ1) is 11.0. The van der Waals surface area contributed by atoms with Crippen LogP contribution < -0.4 is 21.4 Å². The Morgan fingerprint density at radius 3 is 2.74 bits per heavy atom. The monoisotopic (exact) mass is 323 g/mol.